The summed E-state index contributed by atoms with van der Waals surface area (Å²) in [5.74, 6) is -0.959. The van der Waals surface area contributed by atoms with Crippen LogP contribution in [0.5, 0.6) is 0 Å². The Morgan fingerprint density at radius 2 is 1.97 bits per heavy atom. The van der Waals surface area contributed by atoms with Crippen LogP contribution >= 0.6 is 0 Å². The molecule has 1 aliphatic heterocycles. The van der Waals surface area contributed by atoms with Gasteiger partial charge in [-0.2, -0.15) is 5.26 Å². The summed E-state index contributed by atoms with van der Waals surface area (Å²) in [6.45, 7) is 6.41. The molecule has 188 valence electrons. The molecule has 1 heterocycles. The van der Waals surface area contributed by atoms with Crippen LogP contribution in [0.4, 0.5) is 0 Å². The van der Waals surface area contributed by atoms with Gasteiger partial charge in [-0.15, -0.1) is 0 Å². The van der Waals surface area contributed by atoms with Gasteiger partial charge in [0.05, 0.1) is 30.3 Å². The molecule has 1 aromatic carbocycles. The number of carbonyl (C=O) groups is 2. The molecule has 4 aliphatic rings. The SMILES string of the molecule is CN(C)C(=O)C(C#N)COCC(=O)N[C@@H](Cc1ccccc1)B1O[C@@H]2C[C@@H]3C[C@@H](C3(C)C)[C@]2(C)O1. The number of ether oxygens (including phenoxy) is 1. The van der Waals surface area contributed by atoms with Gasteiger partial charge in [-0.25, -0.2) is 0 Å². The summed E-state index contributed by atoms with van der Waals surface area (Å²) in [4.78, 5) is 26.2. The van der Waals surface area contributed by atoms with Crippen molar-refractivity contribution in [2.24, 2.45) is 23.2 Å². The van der Waals surface area contributed by atoms with Crippen LogP contribution in [0.1, 0.15) is 39.2 Å². The Morgan fingerprint density at radius 1 is 1.26 bits per heavy atom. The minimum absolute atomic E-state index is 0.0177. The molecule has 5 rings (SSSR count). The molecule has 9 heteroatoms. The number of carbonyl (C=O) groups excluding carboxylic acids is 2. The monoisotopic (exact) mass is 481 g/mol. The first-order chi connectivity index (χ1) is 16.6. The quantitative estimate of drug-likeness (QED) is 0.543. The van der Waals surface area contributed by atoms with Crippen LogP contribution in [0.3, 0.4) is 0 Å². The molecule has 1 aromatic rings. The van der Waals surface area contributed by atoms with Crippen LogP contribution < -0.4 is 5.32 Å². The lowest BCUT2D eigenvalue weighted by atomic mass is 9.43. The topological polar surface area (TPSA) is 101 Å². The summed E-state index contributed by atoms with van der Waals surface area (Å²) < 4.78 is 18.5. The third kappa shape index (κ3) is 4.97. The fourth-order valence-corrected chi connectivity index (χ4v) is 6.15. The van der Waals surface area contributed by atoms with Crippen molar-refractivity contribution < 1.29 is 23.6 Å². The Hall–Kier alpha value is -2.41. The molecule has 3 saturated carbocycles. The molecule has 0 spiro atoms. The van der Waals surface area contributed by atoms with E-state index < -0.39 is 19.0 Å². The third-order valence-electron chi connectivity index (χ3n) is 8.35. The zero-order valence-electron chi connectivity index (χ0n) is 21.3. The average molecular weight is 481 g/mol. The predicted molar refractivity (Wildman–Crippen MR) is 131 cm³/mol. The number of hydrogen-bond donors (Lipinski definition) is 1. The largest absolute Gasteiger partial charge is 0.482 e. The summed E-state index contributed by atoms with van der Waals surface area (Å²) in [6, 6.07) is 11.9. The van der Waals surface area contributed by atoms with E-state index in [4.69, 9.17) is 14.0 Å². The molecule has 1 saturated heterocycles. The number of nitrogens with one attached hydrogen (secondary N) is 1. The first kappa shape index (κ1) is 25.7. The highest BCUT2D eigenvalue weighted by molar-refractivity contribution is 6.48. The Bertz CT molecular complexity index is 981. The van der Waals surface area contributed by atoms with Gasteiger partial charge in [0.15, 0.2) is 0 Å². The molecule has 1 unspecified atom stereocenters. The number of benzene rings is 1. The number of nitriles is 1. The lowest BCUT2D eigenvalue weighted by Gasteiger charge is -2.64. The summed E-state index contributed by atoms with van der Waals surface area (Å²) in [6.07, 6.45) is 2.70. The van der Waals surface area contributed by atoms with Crippen molar-refractivity contribution in [1.82, 2.24) is 10.2 Å². The molecule has 4 fully saturated rings. The van der Waals surface area contributed by atoms with Gasteiger partial charge in [-0.05, 0) is 49.0 Å². The molecule has 0 aromatic heterocycles. The summed E-state index contributed by atoms with van der Waals surface area (Å²) in [5.41, 5.74) is 0.930. The molecule has 1 N–H and O–H groups in total. The minimum Gasteiger partial charge on any atom is -0.404 e. The average Bonchev–Trinajstić information content (AvgIpc) is 3.18. The second-order valence-electron chi connectivity index (χ2n) is 11.1. The van der Waals surface area contributed by atoms with E-state index in [0.29, 0.717) is 18.3 Å². The van der Waals surface area contributed by atoms with Gasteiger partial charge < -0.3 is 24.3 Å². The van der Waals surface area contributed by atoms with Gasteiger partial charge in [0.2, 0.25) is 11.8 Å². The van der Waals surface area contributed by atoms with Crippen LogP contribution in [0.25, 0.3) is 0 Å². The summed E-state index contributed by atoms with van der Waals surface area (Å²) >= 11 is 0. The summed E-state index contributed by atoms with van der Waals surface area (Å²) in [5, 5.41) is 12.3. The highest BCUT2D eigenvalue weighted by Crippen LogP contribution is 2.65. The van der Waals surface area contributed by atoms with Gasteiger partial charge in [0, 0.05) is 14.1 Å². The van der Waals surface area contributed by atoms with Gasteiger partial charge >= 0.3 is 7.12 Å². The van der Waals surface area contributed by atoms with E-state index in [2.05, 4.69) is 26.1 Å². The van der Waals surface area contributed by atoms with Gasteiger partial charge in [0.25, 0.3) is 0 Å². The number of rotatable bonds is 9. The van der Waals surface area contributed by atoms with E-state index in [1.165, 1.54) is 4.90 Å². The number of hydrogen-bond acceptors (Lipinski definition) is 6. The lowest BCUT2D eigenvalue weighted by Crippen LogP contribution is -2.65. The van der Waals surface area contributed by atoms with Crippen LogP contribution in [-0.2, 0) is 30.1 Å². The first-order valence-corrected chi connectivity index (χ1v) is 12.4. The Morgan fingerprint density at radius 3 is 2.60 bits per heavy atom. The van der Waals surface area contributed by atoms with E-state index in [1.807, 2.05) is 36.4 Å². The van der Waals surface area contributed by atoms with Crippen molar-refractivity contribution in [3.63, 3.8) is 0 Å². The second kappa shape index (κ2) is 9.92. The van der Waals surface area contributed by atoms with Crippen molar-refractivity contribution in [3.05, 3.63) is 35.9 Å². The molecular weight excluding hydrogens is 445 g/mol. The Balaban J connectivity index is 1.41. The van der Waals surface area contributed by atoms with Gasteiger partial charge in [-0.1, -0.05) is 44.2 Å². The minimum atomic E-state index is -0.947. The zero-order valence-corrected chi connectivity index (χ0v) is 21.3. The predicted octanol–water partition coefficient (Wildman–Crippen LogP) is 2.23. The lowest BCUT2D eigenvalue weighted by molar-refractivity contribution is -0.199. The van der Waals surface area contributed by atoms with Crippen molar-refractivity contribution in [3.8, 4) is 6.07 Å². The highest BCUT2D eigenvalue weighted by Gasteiger charge is 2.68. The smallest absolute Gasteiger partial charge is 0.404 e. The fraction of sp³-hybridized carbons (Fsp3) is 0.654. The molecule has 8 nitrogen and oxygen atoms in total. The van der Waals surface area contributed by atoms with Crippen LogP contribution in [0.2, 0.25) is 0 Å². The van der Waals surface area contributed by atoms with E-state index in [0.717, 1.165) is 18.4 Å². The molecule has 0 radical (unpaired) electrons. The first-order valence-electron chi connectivity index (χ1n) is 12.4. The zero-order chi connectivity index (χ0) is 25.4. The number of amides is 2. The number of nitrogens with zero attached hydrogens (tertiary/aromatic N) is 2. The molecule has 6 atom stereocenters. The molecule has 3 aliphatic carbocycles. The van der Waals surface area contributed by atoms with Gasteiger partial charge in [0.1, 0.15) is 12.5 Å². The van der Waals surface area contributed by atoms with Crippen LogP contribution in [0.15, 0.2) is 30.3 Å². The van der Waals surface area contributed by atoms with E-state index in [1.54, 1.807) is 14.1 Å². The van der Waals surface area contributed by atoms with E-state index >= 15 is 0 Å². The normalized spacial score (nSPS) is 29.8. The highest BCUT2D eigenvalue weighted by atomic mass is 16.7. The summed E-state index contributed by atoms with van der Waals surface area (Å²) in [7, 11) is 2.60. The van der Waals surface area contributed by atoms with E-state index in [-0.39, 0.29) is 42.1 Å². The van der Waals surface area contributed by atoms with Crippen molar-refractivity contribution in [2.45, 2.75) is 57.7 Å². The Labute approximate surface area is 208 Å². The third-order valence-corrected chi connectivity index (χ3v) is 8.35. The molecule has 35 heavy (non-hydrogen) atoms. The van der Waals surface area contributed by atoms with Gasteiger partial charge in [-0.3, -0.25) is 9.59 Å². The maximum atomic E-state index is 12.8. The second-order valence-corrected chi connectivity index (χ2v) is 11.1. The van der Waals surface area contributed by atoms with Crippen molar-refractivity contribution >= 4 is 18.9 Å². The van der Waals surface area contributed by atoms with Crippen molar-refractivity contribution in [1.29, 1.82) is 5.26 Å². The fourth-order valence-electron chi connectivity index (χ4n) is 6.15. The standard InChI is InChI=1S/C26H36BN3O5/c1-25(2)19-12-20(25)26(3)21(13-19)34-27(35-26)22(11-17-9-7-6-8-10-17)29-23(31)16-33-15-18(14-28)24(32)30(4)5/h6-10,18-22H,11-13,15-16H2,1-5H3,(H,29,31)/t18?,19-,20-,21+,22-,26-/m0/s1. The van der Waals surface area contributed by atoms with Crippen molar-refractivity contribution in [2.75, 3.05) is 27.3 Å². The molecular formula is C26H36BN3O5. The Kier molecular flexibility index (Phi) is 7.28. The maximum Gasteiger partial charge on any atom is 0.482 e. The van der Waals surface area contributed by atoms with E-state index in [9.17, 15) is 14.9 Å². The molecule has 2 amide bonds. The molecule has 2 bridgehead atoms. The van der Waals surface area contributed by atoms with Crippen LogP contribution in [-0.4, -0.2) is 68.8 Å². The maximum absolute atomic E-state index is 12.8. The van der Waals surface area contributed by atoms with Crippen LogP contribution in [0, 0.1) is 34.5 Å².